The minimum absolute atomic E-state index is 0.0423. The first kappa shape index (κ1) is 15.7. The number of amides is 1. The van der Waals surface area contributed by atoms with Crippen LogP contribution in [0, 0.1) is 0 Å². The molecule has 0 radical (unpaired) electrons. The van der Waals surface area contributed by atoms with Crippen LogP contribution in [-0.4, -0.2) is 49.3 Å². The van der Waals surface area contributed by atoms with Gasteiger partial charge in [0.2, 0.25) is 12.7 Å². The van der Waals surface area contributed by atoms with Crippen LogP contribution in [0.3, 0.4) is 0 Å². The van der Waals surface area contributed by atoms with Crippen molar-refractivity contribution in [1.82, 2.24) is 10.2 Å². The summed E-state index contributed by atoms with van der Waals surface area (Å²) < 4.78 is 10.7. The number of piperazine rings is 1. The van der Waals surface area contributed by atoms with E-state index in [0.717, 1.165) is 31.1 Å². The fourth-order valence-electron chi connectivity index (χ4n) is 4.18. The van der Waals surface area contributed by atoms with Crippen LogP contribution in [0.4, 0.5) is 5.69 Å². The molecule has 0 atom stereocenters. The van der Waals surface area contributed by atoms with E-state index in [2.05, 4.69) is 15.5 Å². The van der Waals surface area contributed by atoms with Crippen molar-refractivity contribution in [2.45, 2.75) is 37.6 Å². The second-order valence-electron chi connectivity index (χ2n) is 7.00. The van der Waals surface area contributed by atoms with Gasteiger partial charge in [-0.15, -0.1) is 0 Å². The highest BCUT2D eigenvalue weighted by Gasteiger charge is 2.40. The molecule has 1 aromatic rings. The summed E-state index contributed by atoms with van der Waals surface area (Å²) in [5.41, 5.74) is 0.931. The summed E-state index contributed by atoms with van der Waals surface area (Å²) in [5, 5.41) is 6.53. The molecule has 4 rings (SSSR count). The topological polar surface area (TPSA) is 62.8 Å². The monoisotopic (exact) mass is 331 g/mol. The molecule has 2 fully saturated rings. The summed E-state index contributed by atoms with van der Waals surface area (Å²) in [6, 6.07) is 5.53. The van der Waals surface area contributed by atoms with Crippen molar-refractivity contribution >= 4 is 11.6 Å². The third kappa shape index (κ3) is 3.08. The van der Waals surface area contributed by atoms with E-state index in [1.165, 1.54) is 32.1 Å². The number of benzene rings is 1. The average molecular weight is 331 g/mol. The summed E-state index contributed by atoms with van der Waals surface area (Å²) in [6.07, 6.45) is 6.23. The van der Waals surface area contributed by atoms with Gasteiger partial charge in [0.05, 0.1) is 6.54 Å². The van der Waals surface area contributed by atoms with E-state index in [1.54, 1.807) is 0 Å². The zero-order valence-corrected chi connectivity index (χ0v) is 14.0. The van der Waals surface area contributed by atoms with Crippen LogP contribution in [0.15, 0.2) is 18.2 Å². The summed E-state index contributed by atoms with van der Waals surface area (Å²) >= 11 is 0. The fourth-order valence-corrected chi connectivity index (χ4v) is 4.18. The maximum absolute atomic E-state index is 12.6. The van der Waals surface area contributed by atoms with E-state index in [4.69, 9.17) is 9.47 Å². The molecule has 2 heterocycles. The second kappa shape index (κ2) is 6.61. The molecule has 2 N–H and O–H groups in total. The standard InChI is InChI=1S/C18H25N3O3/c22-17(20-14-4-5-15-16(10-14)24-13-23-15)11-21-9-8-19-12-18(21)6-2-1-3-7-18/h4-5,10,19H,1-3,6-9,11-13H2,(H,20,22). The van der Waals surface area contributed by atoms with Crippen LogP contribution < -0.4 is 20.1 Å². The highest BCUT2D eigenvalue weighted by molar-refractivity contribution is 5.92. The molecule has 0 bridgehead atoms. The zero-order valence-electron chi connectivity index (χ0n) is 14.0. The normalized spacial score (nSPS) is 22.5. The van der Waals surface area contributed by atoms with Gasteiger partial charge in [0.15, 0.2) is 11.5 Å². The highest BCUT2D eigenvalue weighted by atomic mass is 16.7. The Bertz CT molecular complexity index is 605. The van der Waals surface area contributed by atoms with E-state index in [1.807, 2.05) is 18.2 Å². The number of carbonyl (C=O) groups is 1. The van der Waals surface area contributed by atoms with Crippen LogP contribution >= 0.6 is 0 Å². The highest BCUT2D eigenvalue weighted by Crippen LogP contribution is 2.35. The molecule has 3 aliphatic rings. The smallest absolute Gasteiger partial charge is 0.238 e. The van der Waals surface area contributed by atoms with Gasteiger partial charge in [-0.2, -0.15) is 0 Å². The van der Waals surface area contributed by atoms with E-state index >= 15 is 0 Å². The molecule has 1 saturated heterocycles. The molecule has 1 aliphatic carbocycles. The van der Waals surface area contributed by atoms with Gasteiger partial charge < -0.3 is 20.1 Å². The maximum atomic E-state index is 12.6. The van der Waals surface area contributed by atoms with Gasteiger partial charge in [-0.1, -0.05) is 19.3 Å². The lowest BCUT2D eigenvalue weighted by molar-refractivity contribution is -0.120. The second-order valence-corrected chi connectivity index (χ2v) is 7.00. The fraction of sp³-hybridized carbons (Fsp3) is 0.611. The Morgan fingerprint density at radius 1 is 1.21 bits per heavy atom. The molecule has 24 heavy (non-hydrogen) atoms. The first-order valence-corrected chi connectivity index (χ1v) is 8.91. The van der Waals surface area contributed by atoms with E-state index in [9.17, 15) is 4.79 Å². The first-order valence-electron chi connectivity index (χ1n) is 8.91. The maximum Gasteiger partial charge on any atom is 0.238 e. The summed E-state index contributed by atoms with van der Waals surface area (Å²) in [6.45, 7) is 3.60. The van der Waals surface area contributed by atoms with Crippen molar-refractivity contribution in [3.63, 3.8) is 0 Å². The molecular formula is C18H25N3O3. The lowest BCUT2D eigenvalue weighted by atomic mass is 9.79. The molecule has 0 aromatic heterocycles. The lowest BCUT2D eigenvalue weighted by Crippen LogP contribution is -2.63. The molecule has 6 nitrogen and oxygen atoms in total. The first-order chi connectivity index (χ1) is 11.8. The Morgan fingerprint density at radius 2 is 2.04 bits per heavy atom. The third-order valence-corrected chi connectivity index (χ3v) is 5.46. The number of anilines is 1. The van der Waals surface area contributed by atoms with Gasteiger partial charge >= 0.3 is 0 Å². The zero-order chi connectivity index (χ0) is 16.4. The molecule has 130 valence electrons. The summed E-state index contributed by atoms with van der Waals surface area (Å²) in [7, 11) is 0. The van der Waals surface area contributed by atoms with Crippen LogP contribution in [0.25, 0.3) is 0 Å². The average Bonchev–Trinajstić information content (AvgIpc) is 3.06. The van der Waals surface area contributed by atoms with Gasteiger partial charge in [-0.05, 0) is 25.0 Å². The number of hydrogen-bond acceptors (Lipinski definition) is 5. The lowest BCUT2D eigenvalue weighted by Gasteiger charge is -2.49. The molecule has 1 spiro atoms. The number of fused-ring (bicyclic) bond motifs is 1. The Kier molecular flexibility index (Phi) is 4.33. The number of ether oxygens (including phenoxy) is 2. The Morgan fingerprint density at radius 3 is 2.92 bits per heavy atom. The predicted molar refractivity (Wildman–Crippen MR) is 91.5 cm³/mol. The van der Waals surface area contributed by atoms with Crippen molar-refractivity contribution in [3.05, 3.63) is 18.2 Å². The number of nitrogens with one attached hydrogen (secondary N) is 2. The third-order valence-electron chi connectivity index (χ3n) is 5.46. The van der Waals surface area contributed by atoms with Gasteiger partial charge in [0, 0.05) is 36.9 Å². The van der Waals surface area contributed by atoms with Crippen molar-refractivity contribution in [3.8, 4) is 11.5 Å². The number of rotatable bonds is 3. The number of nitrogens with zero attached hydrogens (tertiary/aromatic N) is 1. The van der Waals surface area contributed by atoms with E-state index in [-0.39, 0.29) is 18.2 Å². The molecular weight excluding hydrogens is 306 g/mol. The van der Waals surface area contributed by atoms with Crippen LogP contribution in [0.5, 0.6) is 11.5 Å². The van der Waals surface area contributed by atoms with Crippen LogP contribution in [0.2, 0.25) is 0 Å². The van der Waals surface area contributed by atoms with Crippen molar-refractivity contribution < 1.29 is 14.3 Å². The van der Waals surface area contributed by atoms with Gasteiger partial charge in [-0.25, -0.2) is 0 Å². The van der Waals surface area contributed by atoms with Gasteiger partial charge in [0.25, 0.3) is 0 Å². The quantitative estimate of drug-likeness (QED) is 0.886. The SMILES string of the molecule is O=C(CN1CCNCC12CCCCC2)Nc1ccc2c(c1)OCO2. The Hall–Kier alpha value is -1.79. The minimum Gasteiger partial charge on any atom is -0.454 e. The van der Waals surface area contributed by atoms with Gasteiger partial charge in [0.1, 0.15) is 0 Å². The van der Waals surface area contributed by atoms with Crippen molar-refractivity contribution in [2.75, 3.05) is 38.3 Å². The number of carbonyl (C=O) groups excluding carboxylic acids is 1. The molecule has 0 unspecified atom stereocenters. The number of hydrogen-bond donors (Lipinski definition) is 2. The van der Waals surface area contributed by atoms with Crippen LogP contribution in [0.1, 0.15) is 32.1 Å². The Labute approximate surface area is 142 Å². The predicted octanol–water partition coefficient (Wildman–Crippen LogP) is 1.96. The molecule has 2 aliphatic heterocycles. The Balaban J connectivity index is 1.41. The van der Waals surface area contributed by atoms with Crippen LogP contribution in [-0.2, 0) is 4.79 Å². The molecule has 1 saturated carbocycles. The molecule has 6 heteroatoms. The minimum atomic E-state index is 0.0423. The molecule has 1 aromatic carbocycles. The van der Waals surface area contributed by atoms with E-state index in [0.29, 0.717) is 12.3 Å². The van der Waals surface area contributed by atoms with Crippen molar-refractivity contribution in [2.24, 2.45) is 0 Å². The summed E-state index contributed by atoms with van der Waals surface area (Å²) in [5.74, 6) is 1.47. The largest absolute Gasteiger partial charge is 0.454 e. The van der Waals surface area contributed by atoms with Gasteiger partial charge in [-0.3, -0.25) is 9.69 Å². The molecule has 1 amide bonds. The summed E-state index contributed by atoms with van der Waals surface area (Å²) in [4.78, 5) is 15.0. The van der Waals surface area contributed by atoms with E-state index < -0.39 is 0 Å². The van der Waals surface area contributed by atoms with Crippen molar-refractivity contribution in [1.29, 1.82) is 0 Å².